The van der Waals surface area contributed by atoms with Crippen molar-refractivity contribution >= 4 is 27.9 Å². The Bertz CT molecular complexity index is 176. The second-order valence-electron chi connectivity index (χ2n) is 2.48. The van der Waals surface area contributed by atoms with Gasteiger partial charge in [0.1, 0.15) is 0 Å². The summed E-state index contributed by atoms with van der Waals surface area (Å²) in [5, 5.41) is 17.8. The van der Waals surface area contributed by atoms with E-state index < -0.39 is 17.4 Å². The van der Waals surface area contributed by atoms with Crippen LogP contribution in [0.15, 0.2) is 0 Å². The number of hydrogen-bond acceptors (Lipinski definition) is 2. The van der Waals surface area contributed by atoms with Crippen molar-refractivity contribution in [3.8, 4) is 0 Å². The molecule has 0 aromatic rings. The van der Waals surface area contributed by atoms with Crippen LogP contribution >= 0.6 is 15.9 Å². The SMILES string of the molecule is CCC(CCBr)(C(=O)O)C(=O)O. The van der Waals surface area contributed by atoms with Crippen molar-refractivity contribution in [3.63, 3.8) is 0 Å². The average Bonchev–Trinajstić information content (AvgIpc) is 1.98. The van der Waals surface area contributed by atoms with Gasteiger partial charge in [-0.15, -0.1) is 0 Å². The van der Waals surface area contributed by atoms with E-state index in [1.807, 2.05) is 0 Å². The summed E-state index contributed by atoms with van der Waals surface area (Å²) in [6.07, 6.45) is 0.206. The molecule has 12 heavy (non-hydrogen) atoms. The number of alkyl halides is 1. The zero-order chi connectivity index (χ0) is 9.78. The molecule has 4 nitrogen and oxygen atoms in total. The first-order valence-electron chi connectivity index (χ1n) is 3.54. The van der Waals surface area contributed by atoms with Crippen molar-refractivity contribution in [2.75, 3.05) is 5.33 Å². The monoisotopic (exact) mass is 238 g/mol. The first-order chi connectivity index (χ1) is 5.51. The summed E-state index contributed by atoms with van der Waals surface area (Å²) in [5.74, 6) is -2.53. The quantitative estimate of drug-likeness (QED) is 0.560. The Hall–Kier alpha value is -0.580. The zero-order valence-corrected chi connectivity index (χ0v) is 8.30. The minimum atomic E-state index is -1.62. The molecule has 0 aromatic carbocycles. The van der Waals surface area contributed by atoms with Gasteiger partial charge < -0.3 is 10.2 Å². The van der Waals surface area contributed by atoms with Gasteiger partial charge in [0, 0.05) is 5.33 Å². The molecule has 70 valence electrons. The minimum absolute atomic E-state index is 0.100. The number of carbonyl (C=O) groups is 2. The van der Waals surface area contributed by atoms with Gasteiger partial charge in [-0.2, -0.15) is 0 Å². The fourth-order valence-electron chi connectivity index (χ4n) is 0.946. The molecule has 0 unspecified atom stereocenters. The van der Waals surface area contributed by atoms with E-state index >= 15 is 0 Å². The summed E-state index contributed by atoms with van der Waals surface area (Å²) in [6, 6.07) is 0. The van der Waals surface area contributed by atoms with E-state index in [0.717, 1.165) is 0 Å². The third-order valence-corrected chi connectivity index (χ3v) is 2.34. The summed E-state index contributed by atoms with van der Waals surface area (Å²) in [6.45, 7) is 1.56. The van der Waals surface area contributed by atoms with Crippen molar-refractivity contribution in [3.05, 3.63) is 0 Å². The second kappa shape index (κ2) is 4.45. The van der Waals surface area contributed by atoms with Crippen LogP contribution in [0.25, 0.3) is 0 Å². The van der Waals surface area contributed by atoms with Gasteiger partial charge in [0.2, 0.25) is 0 Å². The Balaban J connectivity index is 4.76. The normalized spacial score (nSPS) is 11.2. The van der Waals surface area contributed by atoms with Crippen molar-refractivity contribution in [1.29, 1.82) is 0 Å². The maximum absolute atomic E-state index is 10.7. The summed E-state index contributed by atoms with van der Waals surface area (Å²) < 4.78 is 0. The topological polar surface area (TPSA) is 74.6 Å². The highest BCUT2D eigenvalue weighted by Gasteiger charge is 2.43. The van der Waals surface area contributed by atoms with Gasteiger partial charge in [-0.25, -0.2) is 0 Å². The van der Waals surface area contributed by atoms with E-state index in [-0.39, 0.29) is 12.8 Å². The van der Waals surface area contributed by atoms with Gasteiger partial charge in [-0.1, -0.05) is 22.9 Å². The standard InChI is InChI=1S/C7H11BrO4/c1-2-7(3-4-8,5(9)10)6(11)12/h2-4H2,1H3,(H,9,10)(H,11,12). The maximum Gasteiger partial charge on any atom is 0.321 e. The molecule has 0 amide bonds. The summed E-state index contributed by atoms with van der Waals surface area (Å²) in [7, 11) is 0. The van der Waals surface area contributed by atoms with Crippen LogP contribution in [0.4, 0.5) is 0 Å². The third-order valence-electron chi connectivity index (χ3n) is 1.94. The smallest absolute Gasteiger partial charge is 0.321 e. The number of halogens is 1. The highest BCUT2D eigenvalue weighted by molar-refractivity contribution is 9.09. The van der Waals surface area contributed by atoms with Crippen molar-refractivity contribution in [2.45, 2.75) is 19.8 Å². The molecule has 0 spiro atoms. The molecule has 5 heteroatoms. The summed E-state index contributed by atoms with van der Waals surface area (Å²) in [4.78, 5) is 21.4. The van der Waals surface area contributed by atoms with Gasteiger partial charge in [-0.05, 0) is 12.8 Å². The lowest BCUT2D eigenvalue weighted by Gasteiger charge is -2.21. The second-order valence-corrected chi connectivity index (χ2v) is 3.28. The first-order valence-corrected chi connectivity index (χ1v) is 4.66. The van der Waals surface area contributed by atoms with E-state index in [1.165, 1.54) is 0 Å². The molecule has 0 aliphatic heterocycles. The van der Waals surface area contributed by atoms with Crippen molar-refractivity contribution in [2.24, 2.45) is 5.41 Å². The summed E-state index contributed by atoms with van der Waals surface area (Å²) in [5.41, 5.74) is -1.62. The van der Waals surface area contributed by atoms with Gasteiger partial charge in [-0.3, -0.25) is 9.59 Å². The Kier molecular flexibility index (Phi) is 4.23. The third kappa shape index (κ3) is 1.97. The predicted molar refractivity (Wildman–Crippen MR) is 46.4 cm³/mol. The van der Waals surface area contributed by atoms with E-state index in [4.69, 9.17) is 10.2 Å². The molecule has 0 saturated carbocycles. The van der Waals surface area contributed by atoms with E-state index in [9.17, 15) is 9.59 Å². The Morgan fingerprint density at radius 2 is 1.75 bits per heavy atom. The van der Waals surface area contributed by atoms with Crippen LogP contribution in [0, 0.1) is 5.41 Å². The van der Waals surface area contributed by atoms with Crippen molar-refractivity contribution < 1.29 is 19.8 Å². The van der Waals surface area contributed by atoms with E-state index in [1.54, 1.807) is 6.92 Å². The van der Waals surface area contributed by atoms with Gasteiger partial charge >= 0.3 is 11.9 Å². The van der Waals surface area contributed by atoms with Crippen LogP contribution < -0.4 is 0 Å². The predicted octanol–water partition coefficient (Wildman–Crippen LogP) is 1.34. The fourth-order valence-corrected chi connectivity index (χ4v) is 1.62. The van der Waals surface area contributed by atoms with Gasteiger partial charge in [0.25, 0.3) is 0 Å². The van der Waals surface area contributed by atoms with E-state index in [0.29, 0.717) is 5.33 Å². The number of hydrogen-bond donors (Lipinski definition) is 2. The van der Waals surface area contributed by atoms with Crippen LogP contribution in [-0.2, 0) is 9.59 Å². The molecule has 2 N–H and O–H groups in total. The molecular formula is C7H11BrO4. The minimum Gasteiger partial charge on any atom is -0.480 e. The largest absolute Gasteiger partial charge is 0.480 e. The molecule has 0 aromatic heterocycles. The van der Waals surface area contributed by atoms with Crippen LogP contribution in [-0.4, -0.2) is 27.5 Å². The number of aliphatic carboxylic acids is 2. The lowest BCUT2D eigenvalue weighted by Crippen LogP contribution is -2.39. The Labute approximate surface area is 78.7 Å². The van der Waals surface area contributed by atoms with E-state index in [2.05, 4.69) is 15.9 Å². The lowest BCUT2D eigenvalue weighted by molar-refractivity contribution is -0.165. The van der Waals surface area contributed by atoms with Crippen LogP contribution in [0.5, 0.6) is 0 Å². The molecule has 0 rings (SSSR count). The zero-order valence-electron chi connectivity index (χ0n) is 6.71. The lowest BCUT2D eigenvalue weighted by atomic mass is 9.83. The molecule has 0 fully saturated rings. The molecule has 0 aliphatic carbocycles. The van der Waals surface area contributed by atoms with Crippen molar-refractivity contribution in [1.82, 2.24) is 0 Å². The average molecular weight is 239 g/mol. The summed E-state index contributed by atoms with van der Waals surface area (Å²) >= 11 is 3.04. The van der Waals surface area contributed by atoms with Crippen LogP contribution in [0.3, 0.4) is 0 Å². The fraction of sp³-hybridized carbons (Fsp3) is 0.714. The highest BCUT2D eigenvalue weighted by Crippen LogP contribution is 2.28. The molecular weight excluding hydrogens is 228 g/mol. The molecule has 0 atom stereocenters. The molecule has 0 saturated heterocycles. The Morgan fingerprint density at radius 3 is 1.83 bits per heavy atom. The van der Waals surface area contributed by atoms with Gasteiger partial charge in [0.15, 0.2) is 5.41 Å². The first kappa shape index (κ1) is 11.4. The molecule has 0 aliphatic rings. The Morgan fingerprint density at radius 1 is 1.33 bits per heavy atom. The van der Waals surface area contributed by atoms with Gasteiger partial charge in [0.05, 0.1) is 0 Å². The molecule has 0 bridgehead atoms. The molecule has 0 heterocycles. The number of carboxylic acids is 2. The number of rotatable bonds is 5. The number of carboxylic acid groups (broad SMARTS) is 2. The van der Waals surface area contributed by atoms with Crippen LogP contribution in [0.1, 0.15) is 19.8 Å². The molecule has 0 radical (unpaired) electrons. The highest BCUT2D eigenvalue weighted by atomic mass is 79.9. The maximum atomic E-state index is 10.7. The van der Waals surface area contributed by atoms with Crippen LogP contribution in [0.2, 0.25) is 0 Å².